The van der Waals surface area contributed by atoms with Crippen molar-refractivity contribution in [1.29, 1.82) is 0 Å². The van der Waals surface area contributed by atoms with Gasteiger partial charge in [0.05, 0.1) is 25.4 Å². The number of aromatic nitrogens is 5. The minimum absolute atomic E-state index is 0.0720. The van der Waals surface area contributed by atoms with Gasteiger partial charge in [0.1, 0.15) is 6.33 Å². The van der Waals surface area contributed by atoms with E-state index >= 15 is 0 Å². The molecule has 2 aromatic rings. The molecule has 106 valence electrons. The second-order valence-corrected chi connectivity index (χ2v) is 4.98. The van der Waals surface area contributed by atoms with E-state index in [1.165, 1.54) is 39.1 Å². The highest BCUT2D eigenvalue weighted by atomic mass is 16.5. The van der Waals surface area contributed by atoms with Gasteiger partial charge in [-0.2, -0.15) is 5.10 Å². The molecule has 1 saturated carbocycles. The number of ether oxygens (including phenoxy) is 1. The minimum atomic E-state index is -0.528. The van der Waals surface area contributed by atoms with Crippen LogP contribution in [-0.4, -0.2) is 37.6 Å². The molecule has 0 radical (unpaired) electrons. The van der Waals surface area contributed by atoms with Crippen molar-refractivity contribution in [1.82, 2.24) is 24.5 Å². The standard InChI is InChI=1S/C13H17N5O2/c1-20-13(19)12-14-9-17(16-12)8-10-6-7-18(15-10)11-4-2-3-5-11/h6-7,9,11H,2-5,8H2,1H3. The molecule has 7 heteroatoms. The van der Waals surface area contributed by atoms with Crippen LogP contribution in [0.15, 0.2) is 18.6 Å². The third-order valence-corrected chi connectivity index (χ3v) is 3.59. The Morgan fingerprint density at radius 1 is 1.40 bits per heavy atom. The number of nitrogens with zero attached hydrogens (tertiary/aromatic N) is 5. The van der Waals surface area contributed by atoms with Gasteiger partial charge in [-0.3, -0.25) is 4.68 Å². The molecule has 0 aliphatic heterocycles. The molecule has 0 N–H and O–H groups in total. The highest BCUT2D eigenvalue weighted by Crippen LogP contribution is 2.28. The molecule has 0 bridgehead atoms. The Kier molecular flexibility index (Phi) is 3.49. The number of carbonyl (C=O) groups is 1. The summed E-state index contributed by atoms with van der Waals surface area (Å²) in [6.45, 7) is 0.504. The highest BCUT2D eigenvalue weighted by Gasteiger charge is 2.18. The third-order valence-electron chi connectivity index (χ3n) is 3.59. The molecule has 1 aliphatic carbocycles. The number of rotatable bonds is 4. The maximum atomic E-state index is 11.3. The molecule has 0 aromatic carbocycles. The van der Waals surface area contributed by atoms with Crippen LogP contribution < -0.4 is 0 Å². The van der Waals surface area contributed by atoms with E-state index in [0.717, 1.165) is 5.69 Å². The molecule has 7 nitrogen and oxygen atoms in total. The van der Waals surface area contributed by atoms with Crippen LogP contribution >= 0.6 is 0 Å². The fourth-order valence-corrected chi connectivity index (χ4v) is 2.56. The summed E-state index contributed by atoms with van der Waals surface area (Å²) < 4.78 is 8.21. The second kappa shape index (κ2) is 5.44. The Morgan fingerprint density at radius 3 is 2.95 bits per heavy atom. The van der Waals surface area contributed by atoms with Crippen molar-refractivity contribution in [3.8, 4) is 0 Å². The van der Waals surface area contributed by atoms with Gasteiger partial charge < -0.3 is 4.74 Å². The number of carbonyl (C=O) groups excluding carboxylic acids is 1. The van der Waals surface area contributed by atoms with Crippen LogP contribution in [0, 0.1) is 0 Å². The van der Waals surface area contributed by atoms with Crippen LogP contribution in [0.3, 0.4) is 0 Å². The first-order valence-electron chi connectivity index (χ1n) is 6.78. The molecule has 0 unspecified atom stereocenters. The van der Waals surface area contributed by atoms with Gasteiger partial charge in [-0.05, 0) is 18.9 Å². The van der Waals surface area contributed by atoms with Gasteiger partial charge in [-0.15, -0.1) is 5.10 Å². The molecular weight excluding hydrogens is 258 g/mol. The largest absolute Gasteiger partial charge is 0.463 e. The SMILES string of the molecule is COC(=O)c1ncn(Cc2ccn(C3CCCC3)n2)n1. The summed E-state index contributed by atoms with van der Waals surface area (Å²) in [5.74, 6) is -0.456. The molecule has 0 spiro atoms. The van der Waals surface area contributed by atoms with Gasteiger partial charge in [-0.1, -0.05) is 12.8 Å². The summed E-state index contributed by atoms with van der Waals surface area (Å²) in [7, 11) is 1.31. The quantitative estimate of drug-likeness (QED) is 0.789. The van der Waals surface area contributed by atoms with E-state index in [2.05, 4.69) is 19.9 Å². The predicted molar refractivity (Wildman–Crippen MR) is 70.2 cm³/mol. The average Bonchev–Trinajstić information content (AvgIpc) is 3.19. The van der Waals surface area contributed by atoms with Gasteiger partial charge in [0.15, 0.2) is 0 Å². The first kappa shape index (κ1) is 12.8. The van der Waals surface area contributed by atoms with E-state index in [9.17, 15) is 4.79 Å². The van der Waals surface area contributed by atoms with Crippen LogP contribution in [0.5, 0.6) is 0 Å². The van der Waals surface area contributed by atoms with Crippen LogP contribution in [0.4, 0.5) is 0 Å². The first-order valence-corrected chi connectivity index (χ1v) is 6.78. The summed E-state index contributed by atoms with van der Waals surface area (Å²) >= 11 is 0. The Hall–Kier alpha value is -2.18. The lowest BCUT2D eigenvalue weighted by molar-refractivity contribution is 0.0586. The van der Waals surface area contributed by atoms with Gasteiger partial charge in [0, 0.05) is 6.20 Å². The van der Waals surface area contributed by atoms with E-state index in [-0.39, 0.29) is 5.82 Å². The second-order valence-electron chi connectivity index (χ2n) is 4.98. The molecule has 0 amide bonds. The number of methoxy groups -OCH3 is 1. The first-order chi connectivity index (χ1) is 9.76. The summed E-state index contributed by atoms with van der Waals surface area (Å²) in [4.78, 5) is 15.2. The molecule has 2 aromatic heterocycles. The lowest BCUT2D eigenvalue weighted by atomic mass is 10.3. The zero-order valence-corrected chi connectivity index (χ0v) is 11.4. The number of esters is 1. The Bertz CT molecular complexity index is 597. The summed E-state index contributed by atoms with van der Waals surface area (Å²) in [6, 6.07) is 2.52. The molecule has 0 atom stereocenters. The number of hydrogen-bond donors (Lipinski definition) is 0. The van der Waals surface area contributed by atoms with Crippen molar-refractivity contribution < 1.29 is 9.53 Å². The van der Waals surface area contributed by atoms with Crippen molar-refractivity contribution in [2.45, 2.75) is 38.3 Å². The van der Waals surface area contributed by atoms with Crippen molar-refractivity contribution in [3.05, 3.63) is 30.1 Å². The fourth-order valence-electron chi connectivity index (χ4n) is 2.56. The zero-order valence-electron chi connectivity index (χ0n) is 11.4. The van der Waals surface area contributed by atoms with Crippen LogP contribution in [-0.2, 0) is 11.3 Å². The molecule has 3 rings (SSSR count). The van der Waals surface area contributed by atoms with Crippen molar-refractivity contribution in [3.63, 3.8) is 0 Å². The summed E-state index contributed by atoms with van der Waals surface area (Å²) in [5.41, 5.74) is 0.915. The molecular formula is C13H17N5O2. The van der Waals surface area contributed by atoms with E-state index in [4.69, 9.17) is 0 Å². The van der Waals surface area contributed by atoms with Crippen molar-refractivity contribution in [2.75, 3.05) is 7.11 Å². The van der Waals surface area contributed by atoms with E-state index in [1.54, 1.807) is 4.68 Å². The summed E-state index contributed by atoms with van der Waals surface area (Å²) in [6.07, 6.45) is 8.51. The lowest BCUT2D eigenvalue weighted by Crippen LogP contribution is -2.08. The van der Waals surface area contributed by atoms with E-state index in [0.29, 0.717) is 12.6 Å². The molecule has 0 saturated heterocycles. The zero-order chi connectivity index (χ0) is 13.9. The lowest BCUT2D eigenvalue weighted by Gasteiger charge is -2.08. The van der Waals surface area contributed by atoms with Crippen molar-refractivity contribution in [2.24, 2.45) is 0 Å². The predicted octanol–water partition coefficient (Wildman–Crippen LogP) is 1.42. The topological polar surface area (TPSA) is 74.8 Å². The Balaban J connectivity index is 1.68. The van der Waals surface area contributed by atoms with Crippen LogP contribution in [0.1, 0.15) is 48.0 Å². The molecule has 20 heavy (non-hydrogen) atoms. The average molecular weight is 275 g/mol. The van der Waals surface area contributed by atoms with Gasteiger partial charge in [-0.25, -0.2) is 14.5 Å². The van der Waals surface area contributed by atoms with E-state index < -0.39 is 5.97 Å². The molecule has 1 aliphatic rings. The minimum Gasteiger partial charge on any atom is -0.463 e. The highest BCUT2D eigenvalue weighted by molar-refractivity contribution is 5.84. The van der Waals surface area contributed by atoms with Gasteiger partial charge in [0.2, 0.25) is 0 Å². The van der Waals surface area contributed by atoms with Crippen LogP contribution in [0.2, 0.25) is 0 Å². The van der Waals surface area contributed by atoms with Crippen LogP contribution in [0.25, 0.3) is 0 Å². The van der Waals surface area contributed by atoms with Gasteiger partial charge >= 0.3 is 5.97 Å². The maximum absolute atomic E-state index is 11.3. The maximum Gasteiger partial charge on any atom is 0.377 e. The molecule has 1 fully saturated rings. The Labute approximate surface area is 116 Å². The number of hydrogen-bond acceptors (Lipinski definition) is 5. The fraction of sp³-hybridized carbons (Fsp3) is 0.538. The summed E-state index contributed by atoms with van der Waals surface area (Å²) in [5, 5.41) is 8.64. The molecule has 2 heterocycles. The van der Waals surface area contributed by atoms with Gasteiger partial charge in [0.25, 0.3) is 5.82 Å². The van der Waals surface area contributed by atoms with E-state index in [1.807, 2.05) is 16.9 Å². The third kappa shape index (κ3) is 2.56. The Morgan fingerprint density at radius 2 is 2.20 bits per heavy atom. The monoisotopic (exact) mass is 275 g/mol. The van der Waals surface area contributed by atoms with Crippen molar-refractivity contribution >= 4 is 5.97 Å². The smallest absolute Gasteiger partial charge is 0.377 e. The normalized spacial score (nSPS) is 15.7.